The van der Waals surface area contributed by atoms with Gasteiger partial charge in [0.05, 0.1) is 5.92 Å². The molecule has 0 radical (unpaired) electrons. The summed E-state index contributed by atoms with van der Waals surface area (Å²) in [6.07, 6.45) is 4.90. The molecule has 1 N–H and O–H groups in total. The van der Waals surface area contributed by atoms with Gasteiger partial charge in [-0.2, -0.15) is 0 Å². The van der Waals surface area contributed by atoms with E-state index in [0.717, 1.165) is 26.2 Å². The van der Waals surface area contributed by atoms with Crippen molar-refractivity contribution in [2.75, 3.05) is 26.2 Å². The molecular weight excluding hydrogens is 308 g/mol. The Morgan fingerprint density at radius 2 is 1.78 bits per heavy atom. The Morgan fingerprint density at radius 3 is 2.35 bits per heavy atom. The van der Waals surface area contributed by atoms with Crippen LogP contribution in [0.2, 0.25) is 0 Å². The van der Waals surface area contributed by atoms with Crippen molar-refractivity contribution in [2.45, 2.75) is 45.4 Å². The van der Waals surface area contributed by atoms with Gasteiger partial charge < -0.3 is 10.2 Å². The normalized spacial score (nSPS) is 16.1. The molecule has 1 aromatic carbocycles. The predicted octanol–water partition coefficient (Wildman–Crippen LogP) is 3.84. The summed E-state index contributed by atoms with van der Waals surface area (Å²) in [7, 11) is 0. The van der Waals surface area contributed by atoms with Gasteiger partial charge in [-0.25, -0.2) is 0 Å². The first-order valence-electron chi connectivity index (χ1n) is 8.81. The number of nitrogens with zero attached hydrogens (tertiary/aromatic N) is 1. The molecule has 23 heavy (non-hydrogen) atoms. The Morgan fingerprint density at radius 1 is 1.17 bits per heavy atom. The highest BCUT2D eigenvalue weighted by atomic mass is 35.5. The van der Waals surface area contributed by atoms with E-state index in [1.165, 1.54) is 31.2 Å². The summed E-state index contributed by atoms with van der Waals surface area (Å²) in [4.78, 5) is 15.1. The molecule has 1 saturated carbocycles. The highest BCUT2D eigenvalue weighted by Gasteiger charge is 2.31. The van der Waals surface area contributed by atoms with Gasteiger partial charge in [-0.1, -0.05) is 57.0 Å². The van der Waals surface area contributed by atoms with Crippen molar-refractivity contribution in [2.24, 2.45) is 5.92 Å². The molecule has 130 valence electrons. The zero-order valence-corrected chi connectivity index (χ0v) is 15.3. The zero-order valence-electron chi connectivity index (χ0n) is 14.5. The molecule has 0 aliphatic heterocycles. The Labute approximate surface area is 147 Å². The summed E-state index contributed by atoms with van der Waals surface area (Å²) >= 11 is 0. The number of carbonyl (C=O) groups is 1. The van der Waals surface area contributed by atoms with Crippen LogP contribution in [0.4, 0.5) is 0 Å². The van der Waals surface area contributed by atoms with E-state index in [2.05, 4.69) is 36.2 Å². The molecule has 2 rings (SSSR count). The SMILES string of the molecule is CCN(CC)CCNC(=O)C(c1ccccc1)C1CCCC1.Cl. The van der Waals surface area contributed by atoms with Crippen molar-refractivity contribution in [1.29, 1.82) is 0 Å². The summed E-state index contributed by atoms with van der Waals surface area (Å²) in [6, 6.07) is 10.3. The van der Waals surface area contributed by atoms with Gasteiger partial charge in [-0.05, 0) is 37.4 Å². The molecule has 0 bridgehead atoms. The molecule has 1 atom stereocenters. The van der Waals surface area contributed by atoms with Crippen LogP contribution in [0.5, 0.6) is 0 Å². The van der Waals surface area contributed by atoms with Crippen molar-refractivity contribution in [3.8, 4) is 0 Å². The number of halogens is 1. The standard InChI is InChI=1S/C19H30N2O.ClH/c1-3-21(4-2)15-14-20-19(22)18(17-12-8-9-13-17)16-10-6-5-7-11-16;/h5-7,10-11,17-18H,3-4,8-9,12-15H2,1-2H3,(H,20,22);1H. The van der Waals surface area contributed by atoms with E-state index in [9.17, 15) is 4.79 Å². The summed E-state index contributed by atoms with van der Waals surface area (Å²) in [6.45, 7) is 8.09. The first-order chi connectivity index (χ1) is 10.8. The predicted molar refractivity (Wildman–Crippen MR) is 99.2 cm³/mol. The molecule has 1 unspecified atom stereocenters. The van der Waals surface area contributed by atoms with Crippen LogP contribution in [0.3, 0.4) is 0 Å². The van der Waals surface area contributed by atoms with Crippen molar-refractivity contribution in [1.82, 2.24) is 10.2 Å². The smallest absolute Gasteiger partial charge is 0.227 e. The van der Waals surface area contributed by atoms with Gasteiger partial charge in [-0.3, -0.25) is 4.79 Å². The van der Waals surface area contributed by atoms with Gasteiger partial charge in [0.1, 0.15) is 0 Å². The average Bonchev–Trinajstić information content (AvgIpc) is 3.07. The lowest BCUT2D eigenvalue weighted by atomic mass is 9.84. The second kappa shape index (κ2) is 10.7. The van der Waals surface area contributed by atoms with Crippen LogP contribution in [-0.4, -0.2) is 37.0 Å². The van der Waals surface area contributed by atoms with Gasteiger partial charge in [0.25, 0.3) is 0 Å². The number of hydrogen-bond donors (Lipinski definition) is 1. The third kappa shape index (κ3) is 5.82. The second-order valence-electron chi connectivity index (χ2n) is 6.25. The third-order valence-electron chi connectivity index (χ3n) is 4.93. The van der Waals surface area contributed by atoms with Crippen LogP contribution in [-0.2, 0) is 4.79 Å². The Bertz CT molecular complexity index is 442. The van der Waals surface area contributed by atoms with Gasteiger partial charge >= 0.3 is 0 Å². The van der Waals surface area contributed by atoms with Gasteiger partial charge in [0.2, 0.25) is 5.91 Å². The molecule has 0 spiro atoms. The molecule has 1 aliphatic carbocycles. The minimum atomic E-state index is 0. The van der Waals surface area contributed by atoms with Crippen molar-refractivity contribution in [3.63, 3.8) is 0 Å². The molecule has 1 fully saturated rings. The topological polar surface area (TPSA) is 32.3 Å². The molecule has 1 aliphatic rings. The lowest BCUT2D eigenvalue weighted by Crippen LogP contribution is -2.38. The van der Waals surface area contributed by atoms with Crippen LogP contribution in [0, 0.1) is 5.92 Å². The van der Waals surface area contributed by atoms with Crippen LogP contribution < -0.4 is 5.32 Å². The van der Waals surface area contributed by atoms with Crippen molar-refractivity contribution in [3.05, 3.63) is 35.9 Å². The minimum absolute atomic E-state index is 0. The monoisotopic (exact) mass is 338 g/mol. The number of likely N-dealkylation sites (N-methyl/N-ethyl adjacent to an activating group) is 1. The van der Waals surface area contributed by atoms with E-state index in [-0.39, 0.29) is 24.2 Å². The quantitative estimate of drug-likeness (QED) is 0.781. The van der Waals surface area contributed by atoms with Crippen LogP contribution in [0.1, 0.15) is 51.0 Å². The van der Waals surface area contributed by atoms with E-state index in [4.69, 9.17) is 0 Å². The highest BCUT2D eigenvalue weighted by Crippen LogP contribution is 2.37. The Kier molecular flexibility index (Phi) is 9.27. The zero-order chi connectivity index (χ0) is 15.8. The van der Waals surface area contributed by atoms with Crippen LogP contribution in [0.25, 0.3) is 0 Å². The summed E-state index contributed by atoms with van der Waals surface area (Å²) in [5.74, 6) is 0.751. The Hall–Kier alpha value is -1.06. The van der Waals surface area contributed by atoms with E-state index in [1.54, 1.807) is 0 Å². The number of carbonyl (C=O) groups excluding carboxylic acids is 1. The fourth-order valence-corrected chi connectivity index (χ4v) is 3.58. The molecular formula is C19H31ClN2O. The molecule has 0 heterocycles. The van der Waals surface area contributed by atoms with E-state index >= 15 is 0 Å². The lowest BCUT2D eigenvalue weighted by molar-refractivity contribution is -0.123. The number of nitrogens with one attached hydrogen (secondary N) is 1. The van der Waals surface area contributed by atoms with Crippen molar-refractivity contribution >= 4 is 18.3 Å². The summed E-state index contributed by atoms with van der Waals surface area (Å²) < 4.78 is 0. The first-order valence-corrected chi connectivity index (χ1v) is 8.81. The van der Waals surface area contributed by atoms with Crippen molar-refractivity contribution < 1.29 is 4.79 Å². The fraction of sp³-hybridized carbons (Fsp3) is 0.632. The number of hydrogen-bond acceptors (Lipinski definition) is 2. The first kappa shape index (κ1) is 20.0. The number of benzene rings is 1. The van der Waals surface area contributed by atoms with Crippen LogP contribution in [0.15, 0.2) is 30.3 Å². The van der Waals surface area contributed by atoms with E-state index < -0.39 is 0 Å². The third-order valence-corrected chi connectivity index (χ3v) is 4.93. The number of rotatable bonds is 8. The van der Waals surface area contributed by atoms with Crippen LogP contribution >= 0.6 is 12.4 Å². The molecule has 3 nitrogen and oxygen atoms in total. The van der Waals surface area contributed by atoms with Gasteiger partial charge in [-0.15, -0.1) is 12.4 Å². The summed E-state index contributed by atoms with van der Waals surface area (Å²) in [5, 5.41) is 3.18. The molecule has 0 saturated heterocycles. The maximum Gasteiger partial charge on any atom is 0.227 e. The largest absolute Gasteiger partial charge is 0.354 e. The van der Waals surface area contributed by atoms with Gasteiger partial charge in [0, 0.05) is 13.1 Å². The van der Waals surface area contributed by atoms with Gasteiger partial charge in [0.15, 0.2) is 0 Å². The molecule has 1 amide bonds. The molecule has 1 aromatic rings. The average molecular weight is 339 g/mol. The summed E-state index contributed by atoms with van der Waals surface area (Å²) in [5.41, 5.74) is 1.18. The minimum Gasteiger partial charge on any atom is -0.354 e. The maximum absolute atomic E-state index is 12.8. The molecule has 4 heteroatoms. The van der Waals surface area contributed by atoms with E-state index in [1.807, 2.05) is 18.2 Å². The molecule has 0 aromatic heterocycles. The maximum atomic E-state index is 12.8. The Balaban J connectivity index is 0.00000264. The lowest BCUT2D eigenvalue weighted by Gasteiger charge is -2.24. The fourth-order valence-electron chi connectivity index (χ4n) is 3.58. The number of amides is 1. The second-order valence-corrected chi connectivity index (χ2v) is 6.25. The highest BCUT2D eigenvalue weighted by molar-refractivity contribution is 5.85. The van der Waals surface area contributed by atoms with E-state index in [0.29, 0.717) is 5.92 Å².